The predicted octanol–water partition coefficient (Wildman–Crippen LogP) is 4.50. The lowest BCUT2D eigenvalue weighted by Gasteiger charge is -2.07. The van der Waals surface area contributed by atoms with E-state index >= 15 is 0 Å². The van der Waals surface area contributed by atoms with Gasteiger partial charge < -0.3 is 4.74 Å². The van der Waals surface area contributed by atoms with E-state index in [1.807, 2.05) is 0 Å². The average molecular weight is 388 g/mol. The molecule has 0 saturated heterocycles. The first-order valence-corrected chi connectivity index (χ1v) is 7.34. The van der Waals surface area contributed by atoms with Crippen LogP contribution >= 0.6 is 11.6 Å². The van der Waals surface area contributed by atoms with Crippen LogP contribution in [0.1, 0.15) is 19.4 Å². The van der Waals surface area contributed by atoms with Crippen LogP contribution in [-0.2, 0) is 16.1 Å². The van der Waals surface area contributed by atoms with Crippen LogP contribution in [-0.4, -0.2) is 17.1 Å². The van der Waals surface area contributed by atoms with Gasteiger partial charge in [0.25, 0.3) is 0 Å². The fraction of sp³-hybridized carbons (Fsp3) is 0.467. The first-order valence-electron chi connectivity index (χ1n) is 6.97. The van der Waals surface area contributed by atoms with Crippen LogP contribution < -0.4 is 0 Å². The first kappa shape index (κ1) is 19.6. The molecule has 25 heavy (non-hydrogen) atoms. The van der Waals surface area contributed by atoms with E-state index in [1.165, 1.54) is 13.8 Å². The van der Waals surface area contributed by atoms with Crippen LogP contribution in [0.2, 0.25) is 0 Å². The van der Waals surface area contributed by atoms with Crippen molar-refractivity contribution in [1.82, 2.24) is 4.98 Å². The summed E-state index contributed by atoms with van der Waals surface area (Å²) in [4.78, 5) is 14.8. The highest BCUT2D eigenvalue weighted by molar-refractivity contribution is 6.30. The zero-order valence-electron chi connectivity index (χ0n) is 12.9. The molecule has 3 nitrogen and oxygen atoms in total. The summed E-state index contributed by atoms with van der Waals surface area (Å²) in [5.74, 6) is -7.15. The quantitative estimate of drug-likeness (QED) is 0.434. The van der Waals surface area contributed by atoms with E-state index in [1.54, 1.807) is 0 Å². The second-order valence-electron chi connectivity index (χ2n) is 6.13. The van der Waals surface area contributed by atoms with Gasteiger partial charge >= 0.3 is 12.1 Å². The summed E-state index contributed by atoms with van der Waals surface area (Å²) < 4.78 is 82.0. The Morgan fingerprint density at radius 3 is 2.52 bits per heavy atom. The van der Waals surface area contributed by atoms with Crippen molar-refractivity contribution in [2.24, 2.45) is 17.3 Å². The molecule has 1 aromatic heterocycles. The summed E-state index contributed by atoms with van der Waals surface area (Å²) >= 11 is 5.16. The van der Waals surface area contributed by atoms with E-state index < -0.39 is 64.2 Å². The minimum atomic E-state index is -4.74. The molecule has 0 aromatic carbocycles. The number of allylic oxidation sites excluding steroid dienone is 2. The number of ether oxygens (including phenoxy) is 1. The topological polar surface area (TPSA) is 39.2 Å². The van der Waals surface area contributed by atoms with Gasteiger partial charge in [0.05, 0.1) is 17.7 Å². The normalized spacial score (nSPS) is 22.7. The molecule has 0 spiro atoms. The summed E-state index contributed by atoms with van der Waals surface area (Å²) in [7, 11) is 0. The molecule has 1 aliphatic rings. The molecule has 1 aliphatic carbocycles. The Balaban J connectivity index is 2.09. The van der Waals surface area contributed by atoms with E-state index in [0.717, 1.165) is 0 Å². The molecule has 1 saturated carbocycles. The molecular formula is C15H12ClF6NO2. The monoisotopic (exact) mass is 387 g/mol. The van der Waals surface area contributed by atoms with Crippen molar-refractivity contribution < 1.29 is 35.9 Å². The molecule has 1 fully saturated rings. The summed E-state index contributed by atoms with van der Waals surface area (Å²) in [6.45, 7) is 2.13. The number of alkyl halides is 3. The molecule has 2 atom stereocenters. The van der Waals surface area contributed by atoms with Crippen LogP contribution in [0, 0.1) is 34.8 Å². The van der Waals surface area contributed by atoms with Crippen LogP contribution in [0.15, 0.2) is 17.3 Å². The maximum Gasteiger partial charge on any atom is 0.426 e. The molecule has 0 bridgehead atoms. The van der Waals surface area contributed by atoms with Crippen molar-refractivity contribution in [2.75, 3.05) is 0 Å². The Hall–Kier alpha value is -1.77. The summed E-state index contributed by atoms with van der Waals surface area (Å²) in [6.07, 6.45) is -3.60. The number of carbonyl (C=O) groups is 1. The average Bonchev–Trinajstić information content (AvgIpc) is 3.02. The Labute approximate surface area is 143 Å². The molecule has 0 unspecified atom stereocenters. The molecule has 10 heteroatoms. The van der Waals surface area contributed by atoms with Gasteiger partial charge in [0, 0.05) is 0 Å². The minimum Gasteiger partial charge on any atom is -0.460 e. The van der Waals surface area contributed by atoms with Crippen molar-refractivity contribution in [1.29, 1.82) is 0 Å². The SMILES string of the molecule is CC1(C)[C@H](C(=O)OCc2c(F)cnc(F)c2F)[C@@H]1C=C(Cl)C(F)(F)F. The van der Waals surface area contributed by atoms with E-state index in [2.05, 4.69) is 4.98 Å². The third-order valence-electron chi connectivity index (χ3n) is 4.15. The molecule has 138 valence electrons. The van der Waals surface area contributed by atoms with E-state index in [4.69, 9.17) is 16.3 Å². The predicted molar refractivity (Wildman–Crippen MR) is 74.7 cm³/mol. The van der Waals surface area contributed by atoms with Gasteiger partial charge in [-0.05, 0) is 11.3 Å². The highest BCUT2D eigenvalue weighted by atomic mass is 35.5. The van der Waals surface area contributed by atoms with E-state index in [-0.39, 0.29) is 0 Å². The smallest absolute Gasteiger partial charge is 0.426 e. The maximum atomic E-state index is 13.4. The third-order valence-corrected chi connectivity index (χ3v) is 4.49. The van der Waals surface area contributed by atoms with Crippen LogP contribution in [0.3, 0.4) is 0 Å². The lowest BCUT2D eigenvalue weighted by atomic mass is 10.1. The number of carbonyl (C=O) groups excluding carboxylic acids is 1. The number of aromatic nitrogens is 1. The van der Waals surface area contributed by atoms with Gasteiger partial charge in [0.2, 0.25) is 5.95 Å². The molecule has 2 rings (SSSR count). The van der Waals surface area contributed by atoms with Gasteiger partial charge in [0.1, 0.15) is 11.6 Å². The Bertz CT molecular complexity index is 731. The lowest BCUT2D eigenvalue weighted by molar-refractivity contribution is -0.147. The largest absolute Gasteiger partial charge is 0.460 e. The minimum absolute atomic E-state index is 0.428. The van der Waals surface area contributed by atoms with Crippen LogP contribution in [0.4, 0.5) is 26.3 Å². The van der Waals surface area contributed by atoms with Gasteiger partial charge in [-0.15, -0.1) is 0 Å². The first-order chi connectivity index (χ1) is 11.4. The van der Waals surface area contributed by atoms with Gasteiger partial charge in [-0.2, -0.15) is 17.6 Å². The molecule has 0 N–H and O–H groups in total. The Kier molecular flexibility index (Phi) is 5.09. The second kappa shape index (κ2) is 6.51. The second-order valence-corrected chi connectivity index (χ2v) is 6.54. The van der Waals surface area contributed by atoms with Gasteiger partial charge in [-0.25, -0.2) is 13.8 Å². The number of esters is 1. The zero-order valence-corrected chi connectivity index (χ0v) is 13.7. The number of rotatable bonds is 4. The highest BCUT2D eigenvalue weighted by Gasteiger charge is 2.62. The molecule has 0 amide bonds. The maximum absolute atomic E-state index is 13.4. The lowest BCUT2D eigenvalue weighted by Crippen LogP contribution is -2.13. The third kappa shape index (κ3) is 3.91. The van der Waals surface area contributed by atoms with Crippen LogP contribution in [0.5, 0.6) is 0 Å². The van der Waals surface area contributed by atoms with Crippen molar-refractivity contribution in [3.05, 3.63) is 40.5 Å². The van der Waals surface area contributed by atoms with Crippen molar-refractivity contribution in [3.8, 4) is 0 Å². The van der Waals surface area contributed by atoms with E-state index in [0.29, 0.717) is 12.3 Å². The van der Waals surface area contributed by atoms with Crippen molar-refractivity contribution in [2.45, 2.75) is 26.6 Å². The van der Waals surface area contributed by atoms with Gasteiger partial charge in [-0.3, -0.25) is 4.79 Å². The van der Waals surface area contributed by atoms with Gasteiger partial charge in [0.15, 0.2) is 11.6 Å². The molecule has 0 aliphatic heterocycles. The molecule has 1 heterocycles. The molecule has 0 radical (unpaired) electrons. The number of hydrogen-bond donors (Lipinski definition) is 0. The van der Waals surface area contributed by atoms with Crippen molar-refractivity contribution in [3.63, 3.8) is 0 Å². The number of halogens is 7. The number of hydrogen-bond acceptors (Lipinski definition) is 3. The molecule has 1 aromatic rings. The summed E-state index contributed by atoms with van der Waals surface area (Å²) in [6, 6.07) is 0. The standard InChI is InChI=1S/C15H12ClF6NO2/c1-14(2)7(3-9(16)15(20,21)22)10(14)13(24)25-5-6-8(17)4-23-12(19)11(6)18/h3-4,7,10H,5H2,1-2H3/t7-,10-/m0/s1. The fourth-order valence-electron chi connectivity index (χ4n) is 2.53. The van der Waals surface area contributed by atoms with Crippen LogP contribution in [0.25, 0.3) is 0 Å². The number of pyridine rings is 1. The number of nitrogens with zero attached hydrogens (tertiary/aromatic N) is 1. The highest BCUT2D eigenvalue weighted by Crippen LogP contribution is 2.60. The van der Waals surface area contributed by atoms with Gasteiger partial charge in [-0.1, -0.05) is 31.5 Å². The Morgan fingerprint density at radius 1 is 1.36 bits per heavy atom. The van der Waals surface area contributed by atoms with E-state index in [9.17, 15) is 31.1 Å². The zero-order chi connectivity index (χ0) is 19.2. The van der Waals surface area contributed by atoms with Crippen molar-refractivity contribution >= 4 is 17.6 Å². The molecular weight excluding hydrogens is 376 g/mol. The summed E-state index contributed by atoms with van der Waals surface area (Å²) in [5.41, 5.74) is -1.71. The Morgan fingerprint density at radius 2 is 1.96 bits per heavy atom. The summed E-state index contributed by atoms with van der Waals surface area (Å²) in [5, 5.41) is -1.37. The fourth-order valence-corrected chi connectivity index (χ4v) is 2.67.